The highest BCUT2D eigenvalue weighted by molar-refractivity contribution is 6.03. The molecule has 2 aromatic heterocycles. The molecule has 47 heavy (non-hydrogen) atoms. The molecular weight excluding hydrogens is 621 g/mol. The zero-order chi connectivity index (χ0) is 32.7. The number of halogens is 5. The summed E-state index contributed by atoms with van der Waals surface area (Å²) in [6, 6.07) is 4.45. The first-order chi connectivity index (χ1) is 22.6. The fourth-order valence-corrected chi connectivity index (χ4v) is 7.89. The largest absolute Gasteiger partial charge is 0.508 e. The number of hydrogen-bond acceptors (Lipinski definition) is 8. The first kappa shape index (κ1) is 30.1. The monoisotopic (exact) mass is 651 g/mol. The molecule has 0 aliphatic carbocycles. The standard InChI is InChI=1S/C34H30F5N5O3/c1-2-22-24(36)6-4-18-10-21(45)11-23(26(18)22)29-28(37)30-27-25(40-29)7-5-20-14-46-17-34(38,39)15-44(20)31(27)42-32(41-30)47-16-33-8-3-9-43(33)13-19(35)12-33/h1,4,6,10-11,19-20,45H,3,5,7-9,12-17H2/t19-,20+,33+/m1/s1. The van der Waals surface area contributed by atoms with Gasteiger partial charge in [-0.1, -0.05) is 12.0 Å². The van der Waals surface area contributed by atoms with E-state index in [2.05, 4.69) is 20.9 Å². The van der Waals surface area contributed by atoms with E-state index in [9.17, 15) is 22.7 Å². The smallest absolute Gasteiger partial charge is 0.319 e. The number of ether oxygens (including phenoxy) is 2. The summed E-state index contributed by atoms with van der Waals surface area (Å²) in [5, 5.41) is 11.3. The molecule has 2 aromatic carbocycles. The summed E-state index contributed by atoms with van der Waals surface area (Å²) < 4.78 is 87.8. The van der Waals surface area contributed by atoms with Crippen molar-refractivity contribution in [1.82, 2.24) is 19.9 Å². The van der Waals surface area contributed by atoms with Gasteiger partial charge in [0.25, 0.3) is 5.92 Å². The zero-order valence-electron chi connectivity index (χ0n) is 25.2. The summed E-state index contributed by atoms with van der Waals surface area (Å²) in [7, 11) is 0. The van der Waals surface area contributed by atoms with Crippen molar-refractivity contribution in [2.45, 2.75) is 55.8 Å². The number of aryl methyl sites for hydroxylation is 1. The Labute approximate surface area is 266 Å². The first-order valence-corrected chi connectivity index (χ1v) is 15.6. The van der Waals surface area contributed by atoms with Crippen LogP contribution >= 0.6 is 0 Å². The van der Waals surface area contributed by atoms with Crippen molar-refractivity contribution in [3.05, 3.63) is 47.2 Å². The van der Waals surface area contributed by atoms with Crippen LogP contribution in [0.4, 0.5) is 27.8 Å². The van der Waals surface area contributed by atoms with E-state index in [4.69, 9.17) is 15.9 Å². The summed E-state index contributed by atoms with van der Waals surface area (Å²) >= 11 is 0. The van der Waals surface area contributed by atoms with Crippen molar-refractivity contribution in [1.29, 1.82) is 0 Å². The molecule has 3 atom stereocenters. The third kappa shape index (κ3) is 4.92. The van der Waals surface area contributed by atoms with E-state index in [-0.39, 0.29) is 76.7 Å². The molecule has 13 heteroatoms. The summed E-state index contributed by atoms with van der Waals surface area (Å²) in [5.74, 6) is -2.73. The van der Waals surface area contributed by atoms with Gasteiger partial charge in [0.15, 0.2) is 5.82 Å². The number of anilines is 1. The maximum absolute atomic E-state index is 17.0. The Hall–Kier alpha value is -4.28. The number of fused-ring (bicyclic) bond motifs is 4. The van der Waals surface area contributed by atoms with Crippen molar-refractivity contribution in [2.24, 2.45) is 0 Å². The molecule has 8 nitrogen and oxygen atoms in total. The fourth-order valence-electron chi connectivity index (χ4n) is 7.89. The lowest BCUT2D eigenvalue weighted by molar-refractivity contribution is -0.0574. The van der Waals surface area contributed by atoms with E-state index in [0.29, 0.717) is 30.5 Å². The Morgan fingerprint density at radius 3 is 2.83 bits per heavy atom. The number of pyridine rings is 1. The van der Waals surface area contributed by atoms with Crippen molar-refractivity contribution in [2.75, 3.05) is 44.4 Å². The molecule has 4 aliphatic rings. The number of aromatic hydroxyl groups is 1. The SMILES string of the molecule is C#Cc1c(F)ccc2cc(O)cc(-c3nc4c5c(nc(OC[C@@]67CCCN6C[C@H](F)C7)nc5c3F)N3CC(F)(F)COC[C@@H]3CC4)c12. The van der Waals surface area contributed by atoms with Crippen LogP contribution in [0.3, 0.4) is 0 Å². The van der Waals surface area contributed by atoms with E-state index in [1.807, 2.05) is 4.90 Å². The lowest BCUT2D eigenvalue weighted by Crippen LogP contribution is -2.44. The van der Waals surface area contributed by atoms with Gasteiger partial charge in [-0.25, -0.2) is 26.9 Å². The van der Waals surface area contributed by atoms with Crippen LogP contribution in [-0.2, 0) is 11.2 Å². The van der Waals surface area contributed by atoms with Crippen LogP contribution < -0.4 is 9.64 Å². The Kier molecular flexibility index (Phi) is 6.97. The number of phenolic OH excluding ortho intramolecular Hbond substituents is 1. The van der Waals surface area contributed by atoms with Crippen LogP contribution in [0.25, 0.3) is 32.9 Å². The minimum Gasteiger partial charge on any atom is -0.508 e. The maximum Gasteiger partial charge on any atom is 0.319 e. The summed E-state index contributed by atoms with van der Waals surface area (Å²) in [5.41, 5.74) is -0.804. The molecule has 0 radical (unpaired) electrons. The topological polar surface area (TPSA) is 83.8 Å². The van der Waals surface area contributed by atoms with E-state index >= 15 is 4.39 Å². The molecule has 3 fully saturated rings. The molecule has 4 aromatic rings. The van der Waals surface area contributed by atoms with Gasteiger partial charge in [-0.2, -0.15) is 9.97 Å². The van der Waals surface area contributed by atoms with Gasteiger partial charge >= 0.3 is 6.01 Å². The van der Waals surface area contributed by atoms with Gasteiger partial charge in [-0.3, -0.25) is 4.90 Å². The third-order valence-corrected chi connectivity index (χ3v) is 9.95. The van der Waals surface area contributed by atoms with Crippen molar-refractivity contribution >= 4 is 27.5 Å². The average Bonchev–Trinajstić information content (AvgIpc) is 3.45. The van der Waals surface area contributed by atoms with Crippen LogP contribution in [0.2, 0.25) is 0 Å². The summed E-state index contributed by atoms with van der Waals surface area (Å²) in [4.78, 5) is 17.2. The van der Waals surface area contributed by atoms with Crippen LogP contribution in [0.5, 0.6) is 11.8 Å². The quantitative estimate of drug-likeness (QED) is 0.227. The number of benzene rings is 2. The number of phenols is 1. The molecule has 0 unspecified atom stereocenters. The molecular formula is C34H30F5N5O3. The molecule has 0 spiro atoms. The lowest BCUT2D eigenvalue weighted by Gasteiger charge is -2.32. The van der Waals surface area contributed by atoms with Crippen LogP contribution in [0, 0.1) is 24.0 Å². The number of terminal acetylenes is 1. The molecule has 4 aliphatic heterocycles. The van der Waals surface area contributed by atoms with Crippen LogP contribution in [-0.4, -0.2) is 88.1 Å². The predicted octanol–water partition coefficient (Wildman–Crippen LogP) is 5.55. The van der Waals surface area contributed by atoms with Gasteiger partial charge in [0.2, 0.25) is 0 Å². The van der Waals surface area contributed by atoms with E-state index < -0.39 is 48.5 Å². The zero-order valence-corrected chi connectivity index (χ0v) is 25.2. The summed E-state index contributed by atoms with van der Waals surface area (Å²) in [6.45, 7) is -0.452. The Bertz CT molecular complexity index is 1990. The molecule has 6 heterocycles. The van der Waals surface area contributed by atoms with Gasteiger partial charge in [0.05, 0.1) is 41.4 Å². The third-order valence-electron chi connectivity index (χ3n) is 9.95. The number of alkyl halides is 3. The van der Waals surface area contributed by atoms with E-state index in [0.717, 1.165) is 13.0 Å². The highest BCUT2D eigenvalue weighted by Gasteiger charge is 2.49. The fraction of sp³-hybridized carbons (Fsp3) is 0.441. The highest BCUT2D eigenvalue weighted by atomic mass is 19.3. The van der Waals surface area contributed by atoms with Gasteiger partial charge in [-0.05, 0) is 55.8 Å². The number of nitrogens with zero attached hydrogens (tertiary/aromatic N) is 5. The van der Waals surface area contributed by atoms with Crippen molar-refractivity contribution in [3.63, 3.8) is 0 Å². The van der Waals surface area contributed by atoms with Crippen molar-refractivity contribution < 1.29 is 36.5 Å². The van der Waals surface area contributed by atoms with Crippen molar-refractivity contribution in [3.8, 4) is 35.4 Å². The molecule has 1 N–H and O–H groups in total. The van der Waals surface area contributed by atoms with E-state index in [1.165, 1.54) is 29.2 Å². The van der Waals surface area contributed by atoms with Crippen LogP contribution in [0.1, 0.15) is 36.9 Å². The molecule has 3 saturated heterocycles. The van der Waals surface area contributed by atoms with Gasteiger partial charge < -0.3 is 19.5 Å². The predicted molar refractivity (Wildman–Crippen MR) is 164 cm³/mol. The first-order valence-electron chi connectivity index (χ1n) is 15.6. The Balaban J connectivity index is 1.34. The van der Waals surface area contributed by atoms with Gasteiger partial charge in [0, 0.05) is 23.9 Å². The van der Waals surface area contributed by atoms with Crippen LogP contribution in [0.15, 0.2) is 24.3 Å². The summed E-state index contributed by atoms with van der Waals surface area (Å²) in [6.07, 6.45) is 7.08. The minimum atomic E-state index is -3.22. The Morgan fingerprint density at radius 2 is 2.00 bits per heavy atom. The second-order valence-electron chi connectivity index (χ2n) is 13.0. The molecule has 244 valence electrons. The Morgan fingerprint density at radius 1 is 1.15 bits per heavy atom. The number of rotatable bonds is 4. The highest BCUT2D eigenvalue weighted by Crippen LogP contribution is 2.44. The van der Waals surface area contributed by atoms with Gasteiger partial charge in [-0.15, -0.1) is 6.42 Å². The molecule has 0 bridgehead atoms. The lowest BCUT2D eigenvalue weighted by atomic mass is 9.95. The molecule has 0 saturated carbocycles. The number of aromatic nitrogens is 3. The van der Waals surface area contributed by atoms with Gasteiger partial charge in [0.1, 0.15) is 48.0 Å². The average molecular weight is 652 g/mol. The maximum atomic E-state index is 17.0. The number of hydrogen-bond donors (Lipinski definition) is 1. The normalized spacial score (nSPS) is 25.3. The molecule has 8 rings (SSSR count). The minimum absolute atomic E-state index is 0.0153. The van der Waals surface area contributed by atoms with E-state index in [1.54, 1.807) is 0 Å². The molecule has 0 amide bonds. The second kappa shape index (κ2) is 10.9. The second-order valence-corrected chi connectivity index (χ2v) is 13.0.